The Morgan fingerprint density at radius 3 is 2.75 bits per heavy atom. The van der Waals surface area contributed by atoms with Crippen molar-refractivity contribution in [3.8, 4) is 5.75 Å². The monoisotopic (exact) mass is 280 g/mol. The summed E-state index contributed by atoms with van der Waals surface area (Å²) in [5.74, 6) is -0.00528. The van der Waals surface area contributed by atoms with Crippen molar-refractivity contribution >= 4 is 28.9 Å². The predicted molar refractivity (Wildman–Crippen MR) is 51.1 cm³/mol. The van der Waals surface area contributed by atoms with Crippen LogP contribution in [0.25, 0.3) is 0 Å². The van der Waals surface area contributed by atoms with E-state index in [1.165, 1.54) is 19.2 Å². The largest absolute Gasteiger partial charge is 0.496 e. The number of methoxy groups -OCH3 is 1. The van der Waals surface area contributed by atoms with E-state index in [4.69, 9.17) is 4.74 Å². The minimum Gasteiger partial charge on any atom is -0.496 e. The molecule has 0 saturated heterocycles. The molecule has 0 bridgehead atoms. The first-order chi connectivity index (χ1) is 5.70. The lowest BCUT2D eigenvalue weighted by atomic mass is 10.2. The van der Waals surface area contributed by atoms with Gasteiger partial charge in [-0.05, 0) is 34.7 Å². The van der Waals surface area contributed by atoms with Gasteiger partial charge in [0.1, 0.15) is 11.6 Å². The summed E-state index contributed by atoms with van der Waals surface area (Å²) in [5.41, 5.74) is 0.0509. The molecule has 0 N–H and O–H groups in total. The quantitative estimate of drug-likeness (QED) is 0.613. The molecule has 0 radical (unpaired) electrons. The van der Waals surface area contributed by atoms with Crippen LogP contribution in [0.2, 0.25) is 0 Å². The summed E-state index contributed by atoms with van der Waals surface area (Å²) in [4.78, 5) is 10.4. The van der Waals surface area contributed by atoms with Gasteiger partial charge in [-0.25, -0.2) is 4.39 Å². The predicted octanol–water partition coefficient (Wildman–Crippen LogP) is 2.25. The third-order valence-electron chi connectivity index (χ3n) is 1.43. The minimum atomic E-state index is -0.518. The zero-order valence-electron chi connectivity index (χ0n) is 6.30. The average molecular weight is 280 g/mol. The second-order valence-electron chi connectivity index (χ2n) is 2.10. The lowest BCUT2D eigenvalue weighted by Crippen LogP contribution is -1.95. The number of benzene rings is 1. The molecule has 0 spiro atoms. The summed E-state index contributed by atoms with van der Waals surface area (Å²) < 4.78 is 18.3. The summed E-state index contributed by atoms with van der Waals surface area (Å²) in [6.45, 7) is 0. The fourth-order valence-electron chi connectivity index (χ4n) is 0.815. The Bertz CT molecular complexity index is 312. The van der Waals surface area contributed by atoms with Gasteiger partial charge in [0, 0.05) is 0 Å². The topological polar surface area (TPSA) is 26.3 Å². The van der Waals surface area contributed by atoms with Crippen molar-refractivity contribution in [3.63, 3.8) is 0 Å². The number of rotatable bonds is 2. The van der Waals surface area contributed by atoms with E-state index in [9.17, 15) is 9.18 Å². The maximum atomic E-state index is 12.9. The molecular weight excluding hydrogens is 274 g/mol. The van der Waals surface area contributed by atoms with Crippen molar-refractivity contribution in [2.24, 2.45) is 0 Å². The van der Waals surface area contributed by atoms with Gasteiger partial charge >= 0.3 is 0 Å². The van der Waals surface area contributed by atoms with E-state index in [1.807, 2.05) is 22.6 Å². The second kappa shape index (κ2) is 3.84. The summed E-state index contributed by atoms with van der Waals surface area (Å²) in [7, 11) is 1.48. The molecule has 1 aromatic carbocycles. The van der Waals surface area contributed by atoms with Gasteiger partial charge in [-0.2, -0.15) is 0 Å². The van der Waals surface area contributed by atoms with Crippen LogP contribution in [0.1, 0.15) is 10.4 Å². The van der Waals surface area contributed by atoms with E-state index in [-0.39, 0.29) is 5.56 Å². The molecule has 0 fully saturated rings. The van der Waals surface area contributed by atoms with Gasteiger partial charge in [-0.3, -0.25) is 4.79 Å². The van der Waals surface area contributed by atoms with Gasteiger partial charge in [0.2, 0.25) is 0 Å². The minimum absolute atomic E-state index is 0.0509. The van der Waals surface area contributed by atoms with E-state index in [2.05, 4.69) is 0 Å². The lowest BCUT2D eigenvalue weighted by molar-refractivity contribution is 0.111. The zero-order valence-corrected chi connectivity index (χ0v) is 8.46. The van der Waals surface area contributed by atoms with Gasteiger partial charge in [-0.1, -0.05) is 0 Å². The standard InChI is InChI=1S/C8H6FIO2/c1-12-7-3-2-6(9)5(4-11)8(7)10/h2-4H,1H3. The molecule has 0 aliphatic heterocycles. The van der Waals surface area contributed by atoms with Crippen molar-refractivity contribution in [1.82, 2.24) is 0 Å². The molecule has 0 saturated carbocycles. The molecule has 4 heteroatoms. The molecule has 0 aliphatic rings. The number of hydrogen-bond acceptors (Lipinski definition) is 2. The highest BCUT2D eigenvalue weighted by Crippen LogP contribution is 2.24. The van der Waals surface area contributed by atoms with Gasteiger partial charge in [0.25, 0.3) is 0 Å². The smallest absolute Gasteiger partial charge is 0.154 e. The molecule has 0 aliphatic carbocycles. The first kappa shape index (κ1) is 9.44. The second-order valence-corrected chi connectivity index (χ2v) is 3.17. The number of aldehydes is 1. The number of carbonyl (C=O) groups excluding carboxylic acids is 1. The highest BCUT2D eigenvalue weighted by atomic mass is 127. The van der Waals surface area contributed by atoms with Crippen LogP contribution in [0.3, 0.4) is 0 Å². The van der Waals surface area contributed by atoms with Crippen molar-refractivity contribution in [2.75, 3.05) is 7.11 Å². The molecule has 2 nitrogen and oxygen atoms in total. The summed E-state index contributed by atoms with van der Waals surface area (Å²) in [5, 5.41) is 0. The molecule has 1 rings (SSSR count). The Hall–Kier alpha value is -0.650. The zero-order chi connectivity index (χ0) is 9.14. The van der Waals surface area contributed by atoms with Crippen LogP contribution in [0.15, 0.2) is 12.1 Å². The third kappa shape index (κ3) is 1.57. The van der Waals surface area contributed by atoms with Crippen LogP contribution in [0.4, 0.5) is 4.39 Å². The Labute approximate surface area is 82.9 Å². The Morgan fingerprint density at radius 1 is 1.58 bits per heavy atom. The fourth-order valence-corrected chi connectivity index (χ4v) is 1.60. The van der Waals surface area contributed by atoms with E-state index in [0.717, 1.165) is 0 Å². The molecule has 0 unspecified atom stereocenters. The van der Waals surface area contributed by atoms with Gasteiger partial charge in [-0.15, -0.1) is 0 Å². The molecular formula is C8H6FIO2. The Balaban J connectivity index is 3.33. The fraction of sp³-hybridized carbons (Fsp3) is 0.125. The number of hydrogen-bond donors (Lipinski definition) is 0. The number of ether oxygens (including phenoxy) is 1. The van der Waals surface area contributed by atoms with Crippen LogP contribution in [-0.2, 0) is 0 Å². The molecule has 64 valence electrons. The average Bonchev–Trinajstić information content (AvgIpc) is 2.06. The Kier molecular flexibility index (Phi) is 3.02. The van der Waals surface area contributed by atoms with Crippen LogP contribution >= 0.6 is 22.6 Å². The van der Waals surface area contributed by atoms with E-state index < -0.39 is 5.82 Å². The van der Waals surface area contributed by atoms with Crippen LogP contribution in [0.5, 0.6) is 5.75 Å². The van der Waals surface area contributed by atoms with Gasteiger partial charge < -0.3 is 4.74 Å². The summed E-state index contributed by atoms with van der Waals surface area (Å²) >= 11 is 1.87. The first-order valence-corrected chi connectivity index (χ1v) is 4.25. The maximum absolute atomic E-state index is 12.9. The molecule has 1 aromatic rings. The Morgan fingerprint density at radius 2 is 2.25 bits per heavy atom. The molecule has 0 amide bonds. The van der Waals surface area contributed by atoms with Crippen molar-refractivity contribution in [3.05, 3.63) is 27.1 Å². The van der Waals surface area contributed by atoms with Crippen LogP contribution < -0.4 is 4.74 Å². The van der Waals surface area contributed by atoms with E-state index in [1.54, 1.807) is 0 Å². The van der Waals surface area contributed by atoms with Crippen molar-refractivity contribution in [2.45, 2.75) is 0 Å². The third-order valence-corrected chi connectivity index (χ3v) is 2.54. The number of halogens is 2. The van der Waals surface area contributed by atoms with E-state index >= 15 is 0 Å². The summed E-state index contributed by atoms with van der Waals surface area (Å²) in [6, 6.07) is 2.70. The molecule has 12 heavy (non-hydrogen) atoms. The van der Waals surface area contributed by atoms with Gasteiger partial charge in [0.15, 0.2) is 6.29 Å². The lowest BCUT2D eigenvalue weighted by Gasteiger charge is -2.04. The normalized spacial score (nSPS) is 9.58. The SMILES string of the molecule is COc1ccc(F)c(C=O)c1I. The highest BCUT2D eigenvalue weighted by Gasteiger charge is 2.10. The van der Waals surface area contributed by atoms with Crippen LogP contribution in [0, 0.1) is 9.39 Å². The van der Waals surface area contributed by atoms with Crippen LogP contribution in [-0.4, -0.2) is 13.4 Å². The first-order valence-electron chi connectivity index (χ1n) is 3.18. The maximum Gasteiger partial charge on any atom is 0.154 e. The highest BCUT2D eigenvalue weighted by molar-refractivity contribution is 14.1. The van der Waals surface area contributed by atoms with Gasteiger partial charge in [0.05, 0.1) is 16.2 Å². The molecule has 0 aromatic heterocycles. The van der Waals surface area contributed by atoms with E-state index in [0.29, 0.717) is 15.6 Å². The molecule has 0 heterocycles. The summed E-state index contributed by atoms with van der Waals surface area (Å²) in [6.07, 6.45) is 0.486. The van der Waals surface area contributed by atoms with Crippen molar-refractivity contribution in [1.29, 1.82) is 0 Å². The molecule has 0 atom stereocenters. The number of carbonyl (C=O) groups is 1. The van der Waals surface area contributed by atoms with Crippen molar-refractivity contribution < 1.29 is 13.9 Å².